The van der Waals surface area contributed by atoms with Crippen molar-refractivity contribution in [1.29, 1.82) is 0 Å². The van der Waals surface area contributed by atoms with E-state index in [4.69, 9.17) is 4.42 Å². The zero-order chi connectivity index (χ0) is 11.7. The van der Waals surface area contributed by atoms with Gasteiger partial charge in [0.05, 0.1) is 6.26 Å². The minimum atomic E-state index is -0.738. The smallest absolute Gasteiger partial charge is 0.138 e. The molecule has 0 radical (unpaired) electrons. The fourth-order valence-corrected chi connectivity index (χ4v) is 3.30. The maximum absolute atomic E-state index is 10.2. The average molecular weight is 346 g/mol. The van der Waals surface area contributed by atoms with Gasteiger partial charge in [-0.3, -0.25) is 0 Å². The highest BCUT2D eigenvalue weighted by atomic mass is 79.9. The standard InChI is InChI=1S/C12H10Br2O2/c1-7-5-8(13)6-9(14)11(7)12(15)10-3-2-4-16-10/h2-6,12,15H,1H3. The topological polar surface area (TPSA) is 33.4 Å². The van der Waals surface area contributed by atoms with Crippen LogP contribution in [0.25, 0.3) is 0 Å². The highest BCUT2D eigenvalue weighted by Gasteiger charge is 2.18. The predicted octanol–water partition coefficient (Wildman–Crippen LogP) is 4.19. The van der Waals surface area contributed by atoms with Crippen LogP contribution >= 0.6 is 31.9 Å². The Morgan fingerprint density at radius 1 is 1.31 bits per heavy atom. The van der Waals surface area contributed by atoms with E-state index in [0.29, 0.717) is 5.76 Å². The molecule has 0 aliphatic rings. The number of aryl methyl sites for hydroxylation is 1. The molecule has 0 aliphatic carbocycles. The minimum Gasteiger partial charge on any atom is -0.466 e. The third-order valence-electron chi connectivity index (χ3n) is 2.39. The van der Waals surface area contributed by atoms with Crippen LogP contribution in [0.5, 0.6) is 0 Å². The Hall–Kier alpha value is -0.580. The summed E-state index contributed by atoms with van der Waals surface area (Å²) in [4.78, 5) is 0. The normalized spacial score (nSPS) is 12.8. The summed E-state index contributed by atoms with van der Waals surface area (Å²) in [5.74, 6) is 0.547. The maximum atomic E-state index is 10.2. The Morgan fingerprint density at radius 3 is 2.62 bits per heavy atom. The lowest BCUT2D eigenvalue weighted by molar-refractivity contribution is 0.188. The van der Waals surface area contributed by atoms with Crippen molar-refractivity contribution >= 4 is 31.9 Å². The van der Waals surface area contributed by atoms with Gasteiger partial charge in [0.15, 0.2) is 0 Å². The first kappa shape index (κ1) is 11.9. The van der Waals surface area contributed by atoms with Crippen LogP contribution in [0.3, 0.4) is 0 Å². The number of hydrogen-bond acceptors (Lipinski definition) is 2. The van der Waals surface area contributed by atoms with Gasteiger partial charge < -0.3 is 9.52 Å². The molecule has 1 heterocycles. The van der Waals surface area contributed by atoms with Gasteiger partial charge in [-0.15, -0.1) is 0 Å². The van der Waals surface area contributed by atoms with Gasteiger partial charge in [0.2, 0.25) is 0 Å². The lowest BCUT2D eigenvalue weighted by Crippen LogP contribution is -2.02. The second-order valence-electron chi connectivity index (χ2n) is 3.54. The molecule has 0 aliphatic heterocycles. The van der Waals surface area contributed by atoms with E-state index in [9.17, 15) is 5.11 Å². The second kappa shape index (κ2) is 4.73. The summed E-state index contributed by atoms with van der Waals surface area (Å²) in [5.41, 5.74) is 1.84. The first-order valence-electron chi connectivity index (χ1n) is 4.76. The number of halogens is 2. The molecule has 0 saturated carbocycles. The molecule has 4 heteroatoms. The third-order valence-corrected chi connectivity index (χ3v) is 3.50. The van der Waals surface area contributed by atoms with Crippen LogP contribution in [0.1, 0.15) is 23.0 Å². The molecule has 2 rings (SSSR count). The summed E-state index contributed by atoms with van der Waals surface area (Å²) in [6.07, 6.45) is 0.818. The van der Waals surface area contributed by atoms with Crippen molar-refractivity contribution < 1.29 is 9.52 Å². The zero-order valence-electron chi connectivity index (χ0n) is 8.58. The van der Waals surface area contributed by atoms with E-state index in [1.807, 2.05) is 19.1 Å². The number of hydrogen-bond donors (Lipinski definition) is 1. The van der Waals surface area contributed by atoms with Gasteiger partial charge in [0, 0.05) is 14.5 Å². The molecule has 0 spiro atoms. The lowest BCUT2D eigenvalue weighted by atomic mass is 10.0. The van der Waals surface area contributed by atoms with Crippen LogP contribution in [0.15, 0.2) is 43.9 Å². The summed E-state index contributed by atoms with van der Waals surface area (Å²) in [7, 11) is 0. The van der Waals surface area contributed by atoms with Gasteiger partial charge in [0.25, 0.3) is 0 Å². The minimum absolute atomic E-state index is 0.547. The van der Waals surface area contributed by atoms with Crippen LogP contribution in [0.4, 0.5) is 0 Å². The van der Waals surface area contributed by atoms with Crippen LogP contribution in [-0.2, 0) is 0 Å². The highest BCUT2D eigenvalue weighted by Crippen LogP contribution is 2.33. The fourth-order valence-electron chi connectivity index (χ4n) is 1.65. The van der Waals surface area contributed by atoms with Crippen molar-refractivity contribution in [2.24, 2.45) is 0 Å². The molecule has 2 aromatic rings. The van der Waals surface area contributed by atoms with Gasteiger partial charge in [-0.1, -0.05) is 31.9 Å². The molecule has 1 atom stereocenters. The van der Waals surface area contributed by atoms with Gasteiger partial charge in [0.1, 0.15) is 11.9 Å². The second-order valence-corrected chi connectivity index (χ2v) is 5.31. The predicted molar refractivity (Wildman–Crippen MR) is 69.3 cm³/mol. The van der Waals surface area contributed by atoms with Crippen molar-refractivity contribution in [1.82, 2.24) is 0 Å². The van der Waals surface area contributed by atoms with E-state index in [0.717, 1.165) is 20.1 Å². The summed E-state index contributed by atoms with van der Waals surface area (Å²) in [6.45, 7) is 1.96. The number of rotatable bonds is 2. The third kappa shape index (κ3) is 2.24. The first-order chi connectivity index (χ1) is 7.59. The van der Waals surface area contributed by atoms with Crippen molar-refractivity contribution in [3.8, 4) is 0 Å². The number of aliphatic hydroxyl groups excluding tert-OH is 1. The summed E-state index contributed by atoms with van der Waals surface area (Å²) < 4.78 is 7.05. The van der Waals surface area contributed by atoms with Crippen molar-refractivity contribution in [2.45, 2.75) is 13.0 Å². The van der Waals surface area contributed by atoms with Crippen molar-refractivity contribution in [2.75, 3.05) is 0 Å². The van der Waals surface area contributed by atoms with Crippen molar-refractivity contribution in [3.05, 3.63) is 56.4 Å². The average Bonchev–Trinajstić information content (AvgIpc) is 2.67. The monoisotopic (exact) mass is 344 g/mol. The molecule has 1 aromatic heterocycles. The Balaban J connectivity index is 2.48. The molecule has 2 nitrogen and oxygen atoms in total. The molecule has 0 saturated heterocycles. The lowest BCUT2D eigenvalue weighted by Gasteiger charge is -2.14. The molecule has 1 N–H and O–H groups in total. The molecular weight excluding hydrogens is 336 g/mol. The maximum Gasteiger partial charge on any atom is 0.138 e. The van der Waals surface area contributed by atoms with E-state index in [-0.39, 0.29) is 0 Å². The highest BCUT2D eigenvalue weighted by molar-refractivity contribution is 9.11. The molecule has 84 valence electrons. The van der Waals surface area contributed by atoms with Crippen LogP contribution in [0.2, 0.25) is 0 Å². The zero-order valence-corrected chi connectivity index (χ0v) is 11.7. The Bertz CT molecular complexity index is 469. The van der Waals surface area contributed by atoms with Crippen LogP contribution < -0.4 is 0 Å². The van der Waals surface area contributed by atoms with E-state index in [1.165, 1.54) is 0 Å². The Kier molecular flexibility index (Phi) is 3.52. The Labute approximate surface area is 111 Å². The van der Waals surface area contributed by atoms with Gasteiger partial charge in [-0.05, 0) is 36.8 Å². The quantitative estimate of drug-likeness (QED) is 0.885. The van der Waals surface area contributed by atoms with Crippen LogP contribution in [0, 0.1) is 6.92 Å². The number of furan rings is 1. The molecule has 16 heavy (non-hydrogen) atoms. The summed E-state index contributed by atoms with van der Waals surface area (Å²) in [6, 6.07) is 7.40. The largest absolute Gasteiger partial charge is 0.466 e. The number of benzene rings is 1. The molecule has 1 unspecified atom stereocenters. The van der Waals surface area contributed by atoms with E-state index in [2.05, 4.69) is 31.9 Å². The van der Waals surface area contributed by atoms with Gasteiger partial charge in [-0.2, -0.15) is 0 Å². The molecule has 1 aromatic carbocycles. The van der Waals surface area contributed by atoms with Crippen molar-refractivity contribution in [3.63, 3.8) is 0 Å². The SMILES string of the molecule is Cc1cc(Br)cc(Br)c1C(O)c1ccco1. The Morgan fingerprint density at radius 2 is 2.06 bits per heavy atom. The van der Waals surface area contributed by atoms with Gasteiger partial charge in [-0.25, -0.2) is 0 Å². The number of aliphatic hydroxyl groups is 1. The van der Waals surface area contributed by atoms with E-state index in [1.54, 1.807) is 18.4 Å². The van der Waals surface area contributed by atoms with E-state index >= 15 is 0 Å². The molecule has 0 amide bonds. The fraction of sp³-hybridized carbons (Fsp3) is 0.167. The first-order valence-corrected chi connectivity index (χ1v) is 6.35. The summed E-state index contributed by atoms with van der Waals surface area (Å²) >= 11 is 6.86. The van der Waals surface area contributed by atoms with E-state index < -0.39 is 6.10 Å². The van der Waals surface area contributed by atoms with Crippen LogP contribution in [-0.4, -0.2) is 5.11 Å². The molecule has 0 fully saturated rings. The molecule has 0 bridgehead atoms. The summed E-state index contributed by atoms with van der Waals surface area (Å²) in [5, 5.41) is 10.2. The molecular formula is C12H10Br2O2. The van der Waals surface area contributed by atoms with Gasteiger partial charge >= 0.3 is 0 Å².